The van der Waals surface area contributed by atoms with Crippen LogP contribution in [0.3, 0.4) is 0 Å². The number of benzene rings is 1. The Bertz CT molecular complexity index is 1050. The number of anilines is 1. The van der Waals surface area contributed by atoms with E-state index in [1.54, 1.807) is 15.5 Å². The van der Waals surface area contributed by atoms with Crippen molar-refractivity contribution >= 4 is 29.9 Å². The first-order valence-corrected chi connectivity index (χ1v) is 10.7. The number of pyridine rings is 1. The molecule has 0 saturated carbocycles. The summed E-state index contributed by atoms with van der Waals surface area (Å²) in [6.45, 7) is 3.59. The van der Waals surface area contributed by atoms with E-state index in [0.717, 1.165) is 49.4 Å². The van der Waals surface area contributed by atoms with Crippen molar-refractivity contribution in [1.82, 2.24) is 15.2 Å². The Morgan fingerprint density at radius 2 is 1.90 bits per heavy atom. The van der Waals surface area contributed by atoms with Gasteiger partial charge < -0.3 is 20.1 Å². The number of hydrogen-bond acceptors (Lipinski definition) is 4. The SMILES string of the molecule is Cl.O=C(NCc1ccc(N2CCCC2=O)cc1)c1ccc2n(c1=O)C[C@@H]1CNC[C@H]2C1. The van der Waals surface area contributed by atoms with Crippen LogP contribution in [0.5, 0.6) is 0 Å². The van der Waals surface area contributed by atoms with Gasteiger partial charge in [-0.15, -0.1) is 12.4 Å². The Labute approximate surface area is 187 Å². The maximum atomic E-state index is 13.0. The third-order valence-corrected chi connectivity index (χ3v) is 6.53. The molecule has 164 valence electrons. The van der Waals surface area contributed by atoms with Gasteiger partial charge in [0.15, 0.2) is 0 Å². The standard InChI is InChI=1S/C23H26N4O3.ClH/c28-21-2-1-9-26(21)18-5-3-15(4-6-18)12-25-22(29)19-7-8-20-17-10-16(11-24-13-17)14-27(20)23(19)30;/h3-8,16-17,24H,1-2,9-14H2,(H,25,29);1H/t16-,17+;/m0./s1. The molecule has 0 unspecified atom stereocenters. The minimum Gasteiger partial charge on any atom is -0.348 e. The molecule has 0 spiro atoms. The monoisotopic (exact) mass is 442 g/mol. The van der Waals surface area contributed by atoms with Crippen molar-refractivity contribution in [2.45, 2.75) is 38.3 Å². The first-order valence-electron chi connectivity index (χ1n) is 10.7. The first kappa shape index (κ1) is 21.6. The number of nitrogens with zero attached hydrogens (tertiary/aromatic N) is 2. The van der Waals surface area contributed by atoms with Crippen molar-refractivity contribution in [3.05, 3.63) is 63.6 Å². The van der Waals surface area contributed by atoms with Gasteiger partial charge in [-0.05, 0) is 55.1 Å². The molecule has 5 rings (SSSR count). The maximum Gasteiger partial charge on any atom is 0.263 e. The predicted molar refractivity (Wildman–Crippen MR) is 121 cm³/mol. The fourth-order valence-corrected chi connectivity index (χ4v) is 4.96. The van der Waals surface area contributed by atoms with Gasteiger partial charge in [0.1, 0.15) is 5.56 Å². The smallest absolute Gasteiger partial charge is 0.263 e. The Hall–Kier alpha value is -2.64. The quantitative estimate of drug-likeness (QED) is 0.759. The molecule has 2 fully saturated rings. The molecular weight excluding hydrogens is 416 g/mol. The number of amides is 2. The molecule has 8 heteroatoms. The number of carbonyl (C=O) groups is 2. The van der Waals surface area contributed by atoms with E-state index in [4.69, 9.17) is 0 Å². The topological polar surface area (TPSA) is 83.4 Å². The molecule has 7 nitrogen and oxygen atoms in total. The van der Waals surface area contributed by atoms with Crippen molar-refractivity contribution in [3.63, 3.8) is 0 Å². The van der Waals surface area contributed by atoms with Crippen molar-refractivity contribution in [2.75, 3.05) is 24.5 Å². The third kappa shape index (κ3) is 4.12. The van der Waals surface area contributed by atoms with Crippen LogP contribution >= 0.6 is 12.4 Å². The van der Waals surface area contributed by atoms with Gasteiger partial charge in [-0.2, -0.15) is 0 Å². The molecule has 2 aromatic rings. The van der Waals surface area contributed by atoms with Crippen LogP contribution in [0.25, 0.3) is 0 Å². The summed E-state index contributed by atoms with van der Waals surface area (Å²) in [5.74, 6) is 0.614. The molecular formula is C23H27ClN4O3. The Balaban J connectivity index is 0.00000231. The number of aromatic nitrogens is 1. The lowest BCUT2D eigenvalue weighted by atomic mass is 9.84. The molecule has 4 heterocycles. The number of fused-ring (bicyclic) bond motifs is 4. The van der Waals surface area contributed by atoms with Crippen molar-refractivity contribution in [2.24, 2.45) is 5.92 Å². The normalized spacial score (nSPS) is 21.9. The fraction of sp³-hybridized carbons (Fsp3) is 0.435. The van der Waals surface area contributed by atoms with Gasteiger partial charge in [0.25, 0.3) is 11.5 Å². The van der Waals surface area contributed by atoms with Crippen LogP contribution in [0, 0.1) is 5.92 Å². The van der Waals surface area contributed by atoms with Gasteiger partial charge >= 0.3 is 0 Å². The highest BCUT2D eigenvalue weighted by molar-refractivity contribution is 5.95. The molecule has 2 N–H and O–H groups in total. The highest BCUT2D eigenvalue weighted by Crippen LogP contribution is 2.31. The number of nitrogens with one attached hydrogen (secondary N) is 2. The second kappa shape index (κ2) is 8.85. The van der Waals surface area contributed by atoms with Crippen LogP contribution in [0.1, 0.15) is 46.8 Å². The lowest BCUT2D eigenvalue weighted by Crippen LogP contribution is -2.46. The molecule has 2 amide bonds. The molecule has 3 aliphatic heterocycles. The summed E-state index contributed by atoms with van der Waals surface area (Å²) in [6.07, 6.45) is 2.61. The summed E-state index contributed by atoms with van der Waals surface area (Å²) in [5, 5.41) is 6.30. The number of rotatable bonds is 4. The molecule has 1 aromatic heterocycles. The zero-order chi connectivity index (χ0) is 20.7. The second-order valence-electron chi connectivity index (χ2n) is 8.54. The molecule has 1 aromatic carbocycles. The van der Waals surface area contributed by atoms with E-state index in [-0.39, 0.29) is 35.3 Å². The van der Waals surface area contributed by atoms with E-state index in [2.05, 4.69) is 10.6 Å². The molecule has 2 bridgehead atoms. The minimum absolute atomic E-state index is 0. The van der Waals surface area contributed by atoms with E-state index in [9.17, 15) is 14.4 Å². The number of carbonyl (C=O) groups excluding carboxylic acids is 2. The van der Waals surface area contributed by atoms with Crippen molar-refractivity contribution < 1.29 is 9.59 Å². The second-order valence-corrected chi connectivity index (χ2v) is 8.54. The summed E-state index contributed by atoms with van der Waals surface area (Å²) in [6, 6.07) is 11.2. The van der Waals surface area contributed by atoms with E-state index in [0.29, 0.717) is 31.3 Å². The molecule has 31 heavy (non-hydrogen) atoms. The summed E-state index contributed by atoms with van der Waals surface area (Å²) >= 11 is 0. The summed E-state index contributed by atoms with van der Waals surface area (Å²) in [5.41, 5.74) is 2.86. The largest absolute Gasteiger partial charge is 0.348 e. The molecule has 0 aliphatic carbocycles. The molecule has 3 aliphatic rings. The fourth-order valence-electron chi connectivity index (χ4n) is 4.96. The van der Waals surface area contributed by atoms with E-state index in [1.165, 1.54) is 0 Å². The van der Waals surface area contributed by atoms with Crippen LogP contribution in [-0.2, 0) is 17.9 Å². The lowest BCUT2D eigenvalue weighted by molar-refractivity contribution is -0.117. The lowest BCUT2D eigenvalue weighted by Gasteiger charge is -2.37. The number of halogens is 1. The number of hydrogen-bond donors (Lipinski definition) is 2. The Morgan fingerprint density at radius 1 is 1.10 bits per heavy atom. The van der Waals surface area contributed by atoms with Gasteiger partial charge in [0.05, 0.1) is 0 Å². The van der Waals surface area contributed by atoms with Crippen LogP contribution < -0.4 is 21.1 Å². The van der Waals surface area contributed by atoms with Gasteiger partial charge in [0.2, 0.25) is 5.91 Å². The Morgan fingerprint density at radius 3 is 2.65 bits per heavy atom. The molecule has 2 atom stereocenters. The average molecular weight is 443 g/mol. The van der Waals surface area contributed by atoms with E-state index in [1.807, 2.05) is 30.3 Å². The summed E-state index contributed by atoms with van der Waals surface area (Å²) < 4.78 is 1.80. The van der Waals surface area contributed by atoms with Gasteiger partial charge in [-0.1, -0.05) is 12.1 Å². The van der Waals surface area contributed by atoms with Crippen LogP contribution in [0.2, 0.25) is 0 Å². The first-order chi connectivity index (χ1) is 14.6. The van der Waals surface area contributed by atoms with E-state index >= 15 is 0 Å². The highest BCUT2D eigenvalue weighted by Gasteiger charge is 2.31. The zero-order valence-corrected chi connectivity index (χ0v) is 18.1. The van der Waals surface area contributed by atoms with E-state index < -0.39 is 0 Å². The number of piperidine rings is 1. The van der Waals surface area contributed by atoms with Gasteiger partial charge in [-0.25, -0.2) is 0 Å². The average Bonchev–Trinajstić information content (AvgIpc) is 3.19. The van der Waals surface area contributed by atoms with Crippen molar-refractivity contribution in [1.29, 1.82) is 0 Å². The van der Waals surface area contributed by atoms with Gasteiger partial charge in [-0.3, -0.25) is 14.4 Å². The summed E-state index contributed by atoms with van der Waals surface area (Å²) in [4.78, 5) is 39.3. The maximum absolute atomic E-state index is 13.0. The minimum atomic E-state index is -0.344. The van der Waals surface area contributed by atoms with Crippen LogP contribution in [0.4, 0.5) is 5.69 Å². The zero-order valence-electron chi connectivity index (χ0n) is 17.3. The third-order valence-electron chi connectivity index (χ3n) is 6.53. The summed E-state index contributed by atoms with van der Waals surface area (Å²) in [7, 11) is 0. The van der Waals surface area contributed by atoms with Crippen LogP contribution in [-0.4, -0.2) is 36.0 Å². The molecule has 2 saturated heterocycles. The molecule has 0 radical (unpaired) electrons. The van der Waals surface area contributed by atoms with Crippen molar-refractivity contribution in [3.8, 4) is 0 Å². The van der Waals surface area contributed by atoms with Gasteiger partial charge in [0, 0.05) is 49.9 Å². The van der Waals surface area contributed by atoms with Crippen LogP contribution in [0.15, 0.2) is 41.2 Å². The highest BCUT2D eigenvalue weighted by atomic mass is 35.5. The predicted octanol–water partition coefficient (Wildman–Crippen LogP) is 2.03. The Kier molecular flexibility index (Phi) is 6.16.